The smallest absolute Gasteiger partial charge is 0.243 e. The molecule has 1 heterocycles. The van der Waals surface area contributed by atoms with E-state index in [9.17, 15) is 4.79 Å². The number of carbonyl (C=O) groups excluding carboxylic acids is 1. The monoisotopic (exact) mass is 272 g/mol. The highest BCUT2D eigenvalue weighted by Gasteiger charge is 2.29. The van der Waals surface area contributed by atoms with Crippen molar-refractivity contribution in [3.63, 3.8) is 0 Å². The molecule has 0 radical (unpaired) electrons. The van der Waals surface area contributed by atoms with E-state index in [2.05, 4.69) is 23.6 Å². The van der Waals surface area contributed by atoms with Gasteiger partial charge >= 0.3 is 0 Å². The molecule has 0 unspecified atom stereocenters. The number of amides is 1. The van der Waals surface area contributed by atoms with Crippen molar-refractivity contribution in [3.05, 3.63) is 29.8 Å². The van der Waals surface area contributed by atoms with Crippen molar-refractivity contribution in [2.75, 3.05) is 5.32 Å². The van der Waals surface area contributed by atoms with Gasteiger partial charge in [0.2, 0.25) is 5.91 Å². The summed E-state index contributed by atoms with van der Waals surface area (Å²) in [5, 5.41) is 6.56. The van der Waals surface area contributed by atoms with Crippen LogP contribution in [0.25, 0.3) is 0 Å². The van der Waals surface area contributed by atoms with E-state index in [1.165, 1.54) is 37.7 Å². The van der Waals surface area contributed by atoms with Crippen LogP contribution in [0.15, 0.2) is 24.3 Å². The Morgan fingerprint density at radius 2 is 2.00 bits per heavy atom. The molecule has 1 fully saturated rings. The minimum atomic E-state index is -0.0987. The van der Waals surface area contributed by atoms with E-state index in [1.807, 2.05) is 18.2 Å². The van der Waals surface area contributed by atoms with Gasteiger partial charge < -0.3 is 10.6 Å². The van der Waals surface area contributed by atoms with Crippen LogP contribution in [0.2, 0.25) is 0 Å². The molecule has 1 saturated carbocycles. The Labute approximate surface area is 121 Å². The van der Waals surface area contributed by atoms with Crippen molar-refractivity contribution in [1.29, 1.82) is 0 Å². The Hall–Kier alpha value is -1.51. The molecule has 1 aliphatic carbocycles. The maximum atomic E-state index is 12.4. The quantitative estimate of drug-likeness (QED) is 0.887. The van der Waals surface area contributed by atoms with Crippen LogP contribution in [-0.2, 0) is 11.2 Å². The molecule has 3 heteroatoms. The van der Waals surface area contributed by atoms with Gasteiger partial charge in [-0.05, 0) is 37.3 Å². The largest absolute Gasteiger partial charge is 0.373 e. The molecule has 108 valence electrons. The molecular formula is C17H24N2O. The Bertz CT molecular complexity index is 455. The number of anilines is 1. The van der Waals surface area contributed by atoms with Gasteiger partial charge in [-0.15, -0.1) is 0 Å². The third-order valence-corrected chi connectivity index (χ3v) is 4.81. The fourth-order valence-electron chi connectivity index (χ4n) is 3.53. The van der Waals surface area contributed by atoms with Crippen LogP contribution < -0.4 is 10.6 Å². The van der Waals surface area contributed by atoms with Crippen LogP contribution in [-0.4, -0.2) is 18.0 Å². The summed E-state index contributed by atoms with van der Waals surface area (Å²) in [5.74, 6) is 0.816. The second kappa shape index (κ2) is 5.86. The van der Waals surface area contributed by atoms with Gasteiger partial charge in [0.25, 0.3) is 0 Å². The van der Waals surface area contributed by atoms with Crippen molar-refractivity contribution in [1.82, 2.24) is 5.32 Å². The van der Waals surface area contributed by atoms with Crippen molar-refractivity contribution < 1.29 is 4.79 Å². The number of rotatable bonds is 3. The van der Waals surface area contributed by atoms with Crippen molar-refractivity contribution >= 4 is 11.6 Å². The fraction of sp³-hybridized carbons (Fsp3) is 0.588. The van der Waals surface area contributed by atoms with Gasteiger partial charge in [0.05, 0.1) is 0 Å². The standard InChI is InChI=1S/C17H24N2O/c1-12(13-7-3-2-4-8-13)18-17(20)16-11-14-9-5-6-10-15(14)19-16/h5-6,9-10,12-13,16,19H,2-4,7-8,11H2,1H3,(H,18,20)/t12-,16+/m1/s1. The number of hydrogen-bond acceptors (Lipinski definition) is 2. The second-order valence-corrected chi connectivity index (χ2v) is 6.25. The van der Waals surface area contributed by atoms with Crippen molar-refractivity contribution in [2.45, 2.75) is 57.5 Å². The van der Waals surface area contributed by atoms with Crippen LogP contribution in [0.4, 0.5) is 5.69 Å². The third kappa shape index (κ3) is 2.82. The molecule has 2 N–H and O–H groups in total. The molecule has 2 aliphatic rings. The molecular weight excluding hydrogens is 248 g/mol. The first-order valence-corrected chi connectivity index (χ1v) is 7.89. The summed E-state index contributed by atoms with van der Waals surface area (Å²) in [6.07, 6.45) is 7.32. The first-order valence-electron chi connectivity index (χ1n) is 7.89. The molecule has 0 bridgehead atoms. The summed E-state index contributed by atoms with van der Waals surface area (Å²) in [4.78, 5) is 12.4. The van der Waals surface area contributed by atoms with E-state index in [-0.39, 0.29) is 11.9 Å². The van der Waals surface area contributed by atoms with Gasteiger partial charge in [-0.25, -0.2) is 0 Å². The Morgan fingerprint density at radius 3 is 2.75 bits per heavy atom. The van der Waals surface area contributed by atoms with Crippen molar-refractivity contribution in [2.24, 2.45) is 5.92 Å². The van der Waals surface area contributed by atoms with Gasteiger partial charge in [0.15, 0.2) is 0 Å². The lowest BCUT2D eigenvalue weighted by molar-refractivity contribution is -0.122. The van der Waals surface area contributed by atoms with E-state index in [4.69, 9.17) is 0 Å². The molecule has 3 nitrogen and oxygen atoms in total. The molecule has 1 aliphatic heterocycles. The fourth-order valence-corrected chi connectivity index (χ4v) is 3.53. The summed E-state index contributed by atoms with van der Waals surface area (Å²) in [7, 11) is 0. The molecule has 1 aromatic rings. The number of nitrogens with one attached hydrogen (secondary N) is 2. The number of para-hydroxylation sites is 1. The zero-order valence-electron chi connectivity index (χ0n) is 12.2. The second-order valence-electron chi connectivity index (χ2n) is 6.25. The van der Waals surface area contributed by atoms with Crippen LogP contribution in [0, 0.1) is 5.92 Å². The highest BCUT2D eigenvalue weighted by atomic mass is 16.2. The molecule has 1 amide bonds. The van der Waals surface area contributed by atoms with Crippen LogP contribution in [0.1, 0.15) is 44.6 Å². The van der Waals surface area contributed by atoms with Crippen LogP contribution in [0.3, 0.4) is 0 Å². The first-order chi connectivity index (χ1) is 9.74. The van der Waals surface area contributed by atoms with Gasteiger partial charge in [0, 0.05) is 18.2 Å². The lowest BCUT2D eigenvalue weighted by Crippen LogP contribution is -2.46. The lowest BCUT2D eigenvalue weighted by Gasteiger charge is -2.29. The Kier molecular flexibility index (Phi) is 3.95. The highest BCUT2D eigenvalue weighted by Crippen LogP contribution is 2.28. The summed E-state index contributed by atoms with van der Waals surface area (Å²) in [6, 6.07) is 8.39. The molecule has 2 atom stereocenters. The van der Waals surface area contributed by atoms with Crippen LogP contribution >= 0.6 is 0 Å². The summed E-state index contributed by atoms with van der Waals surface area (Å²) in [5.41, 5.74) is 2.36. The third-order valence-electron chi connectivity index (χ3n) is 4.81. The molecule has 0 aromatic heterocycles. The highest BCUT2D eigenvalue weighted by molar-refractivity contribution is 5.87. The number of carbonyl (C=O) groups is 1. The predicted molar refractivity (Wildman–Crippen MR) is 81.7 cm³/mol. The summed E-state index contributed by atoms with van der Waals surface area (Å²) in [6.45, 7) is 2.16. The average molecular weight is 272 g/mol. The zero-order chi connectivity index (χ0) is 13.9. The maximum absolute atomic E-state index is 12.4. The van der Waals surface area contributed by atoms with Gasteiger partial charge in [0.1, 0.15) is 6.04 Å². The van der Waals surface area contributed by atoms with E-state index < -0.39 is 0 Å². The van der Waals surface area contributed by atoms with E-state index in [0.29, 0.717) is 12.0 Å². The van der Waals surface area contributed by atoms with Gasteiger partial charge in [-0.2, -0.15) is 0 Å². The van der Waals surface area contributed by atoms with E-state index >= 15 is 0 Å². The topological polar surface area (TPSA) is 41.1 Å². The van der Waals surface area contributed by atoms with Gasteiger partial charge in [-0.3, -0.25) is 4.79 Å². The molecule has 3 rings (SSSR count). The Balaban J connectivity index is 1.55. The molecule has 20 heavy (non-hydrogen) atoms. The SMILES string of the molecule is C[C@@H](NC(=O)[C@@H]1Cc2ccccc2N1)C1CCCCC1. The maximum Gasteiger partial charge on any atom is 0.243 e. The number of fused-ring (bicyclic) bond motifs is 1. The number of hydrogen-bond donors (Lipinski definition) is 2. The number of benzene rings is 1. The van der Waals surface area contributed by atoms with E-state index in [1.54, 1.807) is 0 Å². The Morgan fingerprint density at radius 1 is 1.25 bits per heavy atom. The zero-order valence-corrected chi connectivity index (χ0v) is 12.2. The minimum Gasteiger partial charge on any atom is -0.373 e. The van der Waals surface area contributed by atoms with Crippen LogP contribution in [0.5, 0.6) is 0 Å². The first kappa shape index (κ1) is 13.5. The molecule has 0 spiro atoms. The predicted octanol–water partition coefficient (Wildman–Crippen LogP) is 3.11. The summed E-state index contributed by atoms with van der Waals surface area (Å²) >= 11 is 0. The average Bonchev–Trinajstić information content (AvgIpc) is 2.92. The van der Waals surface area contributed by atoms with E-state index in [0.717, 1.165) is 12.1 Å². The molecule has 1 aromatic carbocycles. The normalized spacial score (nSPS) is 23.8. The lowest BCUT2D eigenvalue weighted by atomic mass is 9.84. The van der Waals surface area contributed by atoms with Crippen molar-refractivity contribution in [3.8, 4) is 0 Å². The molecule has 0 saturated heterocycles. The van der Waals surface area contributed by atoms with Gasteiger partial charge in [-0.1, -0.05) is 37.5 Å². The summed E-state index contributed by atoms with van der Waals surface area (Å²) < 4.78 is 0. The minimum absolute atomic E-state index is 0.0987.